The molecular formula is C20H25N3O2. The molecule has 5 heteroatoms. The molecule has 0 unspecified atom stereocenters. The molecule has 2 aromatic rings. The van der Waals surface area contributed by atoms with E-state index in [4.69, 9.17) is 4.42 Å². The molecule has 2 aliphatic rings. The van der Waals surface area contributed by atoms with E-state index in [1.165, 1.54) is 30.2 Å². The van der Waals surface area contributed by atoms with Gasteiger partial charge < -0.3 is 9.32 Å². The number of aromatic nitrogens is 1. The molecule has 1 aromatic carbocycles. The highest BCUT2D eigenvalue weighted by Crippen LogP contribution is 2.30. The first-order chi connectivity index (χ1) is 12.2. The average Bonchev–Trinajstić information content (AvgIpc) is 3.12. The highest BCUT2D eigenvalue weighted by atomic mass is 16.3. The van der Waals surface area contributed by atoms with Gasteiger partial charge >= 0.3 is 0 Å². The molecule has 4 rings (SSSR count). The van der Waals surface area contributed by atoms with Gasteiger partial charge in [0.2, 0.25) is 5.89 Å². The number of rotatable bonds is 6. The minimum absolute atomic E-state index is 0.00371. The lowest BCUT2D eigenvalue weighted by molar-refractivity contribution is 0.0787. The van der Waals surface area contributed by atoms with Crippen LogP contribution in [0.25, 0.3) is 0 Å². The lowest BCUT2D eigenvalue weighted by Gasteiger charge is -2.20. The maximum Gasteiger partial charge on any atom is 0.275 e. The molecule has 5 nitrogen and oxygen atoms in total. The summed E-state index contributed by atoms with van der Waals surface area (Å²) >= 11 is 0. The molecule has 1 aliphatic carbocycles. The normalized spacial score (nSPS) is 17.4. The van der Waals surface area contributed by atoms with E-state index in [1.54, 1.807) is 0 Å². The van der Waals surface area contributed by atoms with Crippen molar-refractivity contribution < 1.29 is 9.21 Å². The van der Waals surface area contributed by atoms with Crippen molar-refractivity contribution in [1.82, 2.24) is 14.8 Å². The van der Waals surface area contributed by atoms with E-state index in [1.807, 2.05) is 4.90 Å². The van der Waals surface area contributed by atoms with Gasteiger partial charge in [0.1, 0.15) is 6.26 Å². The Labute approximate surface area is 148 Å². The zero-order chi connectivity index (χ0) is 17.2. The van der Waals surface area contributed by atoms with Gasteiger partial charge in [-0.15, -0.1) is 0 Å². The van der Waals surface area contributed by atoms with Gasteiger partial charge in [0.05, 0.1) is 6.54 Å². The lowest BCUT2D eigenvalue weighted by Crippen LogP contribution is -2.28. The van der Waals surface area contributed by atoms with Crippen molar-refractivity contribution in [3.63, 3.8) is 0 Å². The van der Waals surface area contributed by atoms with Crippen LogP contribution < -0.4 is 0 Å². The van der Waals surface area contributed by atoms with Gasteiger partial charge in [0, 0.05) is 25.7 Å². The van der Waals surface area contributed by atoms with E-state index < -0.39 is 0 Å². The first-order valence-corrected chi connectivity index (χ1v) is 9.22. The minimum Gasteiger partial charge on any atom is -0.447 e. The third kappa shape index (κ3) is 3.93. The summed E-state index contributed by atoms with van der Waals surface area (Å²) in [7, 11) is 0. The van der Waals surface area contributed by atoms with Crippen LogP contribution >= 0.6 is 0 Å². The molecular weight excluding hydrogens is 314 g/mol. The Bertz CT molecular complexity index is 728. The zero-order valence-electron chi connectivity index (χ0n) is 14.8. The molecule has 0 bridgehead atoms. The molecule has 1 saturated carbocycles. The molecule has 1 amide bonds. The van der Waals surface area contributed by atoms with E-state index in [0.717, 1.165) is 32.5 Å². The second-order valence-corrected chi connectivity index (χ2v) is 7.25. The second kappa shape index (κ2) is 7.00. The number of carbonyl (C=O) groups excluding carboxylic acids is 1. The van der Waals surface area contributed by atoms with Crippen LogP contribution in [0.4, 0.5) is 0 Å². The molecule has 0 atom stereocenters. The van der Waals surface area contributed by atoms with Gasteiger partial charge in [-0.1, -0.05) is 29.8 Å². The number of hydrogen-bond acceptors (Lipinski definition) is 4. The number of benzene rings is 1. The van der Waals surface area contributed by atoms with Crippen molar-refractivity contribution in [1.29, 1.82) is 0 Å². The monoisotopic (exact) mass is 339 g/mol. The van der Waals surface area contributed by atoms with Crippen LogP contribution in [-0.4, -0.2) is 39.8 Å². The number of hydrogen-bond donors (Lipinski definition) is 0. The van der Waals surface area contributed by atoms with Crippen LogP contribution in [0.3, 0.4) is 0 Å². The maximum atomic E-state index is 12.4. The quantitative estimate of drug-likeness (QED) is 0.809. The largest absolute Gasteiger partial charge is 0.447 e. The van der Waals surface area contributed by atoms with Crippen LogP contribution in [0.2, 0.25) is 0 Å². The Hall–Kier alpha value is -2.14. The lowest BCUT2D eigenvalue weighted by atomic mass is 10.1. The Morgan fingerprint density at radius 3 is 2.60 bits per heavy atom. The number of likely N-dealkylation sites (tertiary alicyclic amines) is 1. The van der Waals surface area contributed by atoms with Gasteiger partial charge in [-0.3, -0.25) is 9.69 Å². The summed E-state index contributed by atoms with van der Waals surface area (Å²) in [4.78, 5) is 21.1. The van der Waals surface area contributed by atoms with E-state index in [9.17, 15) is 4.79 Å². The molecule has 2 heterocycles. The summed E-state index contributed by atoms with van der Waals surface area (Å²) in [6, 6.07) is 9.27. The molecule has 25 heavy (non-hydrogen) atoms. The fourth-order valence-corrected chi connectivity index (χ4v) is 3.42. The second-order valence-electron chi connectivity index (χ2n) is 7.25. The van der Waals surface area contributed by atoms with Gasteiger partial charge in [0.25, 0.3) is 5.91 Å². The Kier molecular flexibility index (Phi) is 4.57. The molecule has 1 saturated heterocycles. The van der Waals surface area contributed by atoms with Crippen molar-refractivity contribution in [2.75, 3.05) is 13.1 Å². The predicted octanol–water partition coefficient (Wildman–Crippen LogP) is 3.38. The van der Waals surface area contributed by atoms with E-state index in [2.05, 4.69) is 41.1 Å². The topological polar surface area (TPSA) is 49.6 Å². The third-order valence-corrected chi connectivity index (χ3v) is 5.07. The summed E-state index contributed by atoms with van der Waals surface area (Å²) in [5, 5.41) is 0. The van der Waals surface area contributed by atoms with E-state index in [0.29, 0.717) is 24.2 Å². The summed E-state index contributed by atoms with van der Waals surface area (Å²) in [6.07, 6.45) is 6.15. The first-order valence-electron chi connectivity index (χ1n) is 9.22. The van der Waals surface area contributed by atoms with Crippen molar-refractivity contribution in [3.05, 3.63) is 53.2 Å². The number of nitrogens with zero attached hydrogens (tertiary/aromatic N) is 3. The Balaban J connectivity index is 1.42. The van der Waals surface area contributed by atoms with Crippen LogP contribution in [-0.2, 0) is 13.1 Å². The van der Waals surface area contributed by atoms with Crippen molar-refractivity contribution in [3.8, 4) is 0 Å². The van der Waals surface area contributed by atoms with Crippen LogP contribution in [0.15, 0.2) is 34.9 Å². The Morgan fingerprint density at radius 1 is 1.20 bits per heavy atom. The highest BCUT2D eigenvalue weighted by molar-refractivity contribution is 5.92. The van der Waals surface area contributed by atoms with Crippen molar-refractivity contribution >= 4 is 5.91 Å². The average molecular weight is 339 g/mol. The van der Waals surface area contributed by atoms with Crippen molar-refractivity contribution in [2.24, 2.45) is 0 Å². The van der Waals surface area contributed by atoms with Gasteiger partial charge in [-0.05, 0) is 38.2 Å². The fourth-order valence-electron chi connectivity index (χ4n) is 3.42. The maximum absolute atomic E-state index is 12.4. The van der Waals surface area contributed by atoms with Crippen LogP contribution in [0, 0.1) is 6.92 Å². The molecule has 1 aliphatic heterocycles. The SMILES string of the molecule is Cc1ccc(CN(Cc2nc(C(=O)N3CCCC3)co2)C2CC2)cc1. The number of amides is 1. The predicted molar refractivity (Wildman–Crippen MR) is 95.1 cm³/mol. The summed E-state index contributed by atoms with van der Waals surface area (Å²) in [6.45, 7) is 5.33. The highest BCUT2D eigenvalue weighted by Gasteiger charge is 2.30. The first kappa shape index (κ1) is 16.3. The van der Waals surface area contributed by atoms with Gasteiger partial charge in [-0.2, -0.15) is 0 Å². The van der Waals surface area contributed by atoms with Crippen LogP contribution in [0.5, 0.6) is 0 Å². The molecule has 1 aromatic heterocycles. The molecule has 2 fully saturated rings. The number of oxazole rings is 1. The third-order valence-electron chi connectivity index (χ3n) is 5.07. The fraction of sp³-hybridized carbons (Fsp3) is 0.500. The van der Waals surface area contributed by atoms with Crippen LogP contribution in [0.1, 0.15) is 53.2 Å². The van der Waals surface area contributed by atoms with Crippen molar-refractivity contribution in [2.45, 2.75) is 51.7 Å². The number of carbonyl (C=O) groups is 1. The summed E-state index contributed by atoms with van der Waals surface area (Å²) < 4.78 is 5.61. The summed E-state index contributed by atoms with van der Waals surface area (Å²) in [5.74, 6) is 0.644. The summed E-state index contributed by atoms with van der Waals surface area (Å²) in [5.41, 5.74) is 3.03. The number of aryl methyl sites for hydroxylation is 1. The van der Waals surface area contributed by atoms with E-state index >= 15 is 0 Å². The minimum atomic E-state index is 0.00371. The van der Waals surface area contributed by atoms with E-state index in [-0.39, 0.29) is 5.91 Å². The Morgan fingerprint density at radius 2 is 1.92 bits per heavy atom. The smallest absolute Gasteiger partial charge is 0.275 e. The zero-order valence-corrected chi connectivity index (χ0v) is 14.8. The molecule has 0 radical (unpaired) electrons. The van der Waals surface area contributed by atoms with Gasteiger partial charge in [-0.25, -0.2) is 4.98 Å². The molecule has 132 valence electrons. The van der Waals surface area contributed by atoms with Gasteiger partial charge in [0.15, 0.2) is 5.69 Å². The standard InChI is InChI=1S/C20H25N3O2/c1-15-4-6-16(7-5-15)12-23(17-8-9-17)13-19-21-18(14-25-19)20(24)22-10-2-3-11-22/h4-7,14,17H,2-3,8-13H2,1H3. The molecule has 0 spiro atoms. The molecule has 0 N–H and O–H groups in total.